The van der Waals surface area contributed by atoms with Gasteiger partial charge in [-0.1, -0.05) is 24.3 Å². The summed E-state index contributed by atoms with van der Waals surface area (Å²) in [6, 6.07) is 6.58. The molecule has 92 valence electrons. The van der Waals surface area contributed by atoms with Gasteiger partial charge in [-0.25, -0.2) is 0 Å². The van der Waals surface area contributed by atoms with Gasteiger partial charge in [0.2, 0.25) is 5.78 Å². The van der Waals surface area contributed by atoms with Crippen LogP contribution in [0.4, 0.5) is 0 Å². The van der Waals surface area contributed by atoms with E-state index in [1.165, 1.54) is 13.2 Å². The lowest BCUT2D eigenvalue weighted by atomic mass is 10.1. The smallest absolute Gasteiger partial charge is 0.201 e. The third-order valence-electron chi connectivity index (χ3n) is 2.79. The van der Waals surface area contributed by atoms with Gasteiger partial charge in [0.05, 0.1) is 12.9 Å². The molecule has 18 heavy (non-hydrogen) atoms. The molecule has 2 rings (SSSR count). The average molecular weight is 244 g/mol. The number of hydrogen-bond donors (Lipinski definition) is 1. The molecule has 4 heteroatoms. The van der Waals surface area contributed by atoms with Gasteiger partial charge in [-0.2, -0.15) is 0 Å². The van der Waals surface area contributed by atoms with Crippen LogP contribution >= 0.6 is 0 Å². The number of fused-ring (bicyclic) bond motifs is 1. The van der Waals surface area contributed by atoms with E-state index in [0.717, 1.165) is 0 Å². The fraction of sp³-hybridized carbons (Fsp3) is 0.143. The monoisotopic (exact) mass is 244 g/mol. The van der Waals surface area contributed by atoms with Crippen molar-refractivity contribution in [2.45, 2.75) is 6.92 Å². The molecule has 0 heterocycles. The van der Waals surface area contributed by atoms with Crippen LogP contribution in [0.1, 0.15) is 22.8 Å². The fourth-order valence-electron chi connectivity index (χ4n) is 1.81. The summed E-state index contributed by atoms with van der Waals surface area (Å²) in [5, 5.41) is 9.94. The molecule has 0 fully saturated rings. The van der Waals surface area contributed by atoms with Gasteiger partial charge in [0, 0.05) is 17.2 Å². The molecule has 0 atom stereocenters. The highest BCUT2D eigenvalue weighted by molar-refractivity contribution is 6.36. The summed E-state index contributed by atoms with van der Waals surface area (Å²) in [6.45, 7) is 1.60. The van der Waals surface area contributed by atoms with Crippen LogP contribution in [-0.2, 0) is 9.53 Å². The van der Waals surface area contributed by atoms with Crippen molar-refractivity contribution < 1.29 is 19.4 Å². The molecule has 0 amide bonds. The van der Waals surface area contributed by atoms with Crippen molar-refractivity contribution in [1.82, 2.24) is 0 Å². The second kappa shape index (κ2) is 4.49. The van der Waals surface area contributed by atoms with Gasteiger partial charge in [-0.3, -0.25) is 9.59 Å². The highest BCUT2D eigenvalue weighted by Crippen LogP contribution is 2.31. The molecule has 0 unspecified atom stereocenters. The Morgan fingerprint density at radius 1 is 1.28 bits per heavy atom. The Balaban J connectivity index is 2.46. The maximum atomic E-state index is 12.0. The zero-order valence-corrected chi connectivity index (χ0v) is 10.1. The van der Waals surface area contributed by atoms with Crippen molar-refractivity contribution in [3.8, 4) is 0 Å². The summed E-state index contributed by atoms with van der Waals surface area (Å²) >= 11 is 0. The third kappa shape index (κ3) is 1.82. The molecule has 0 bridgehead atoms. The number of methoxy groups -OCH3 is 1. The summed E-state index contributed by atoms with van der Waals surface area (Å²) in [5.74, 6) is -0.883. The minimum atomic E-state index is -0.548. The topological polar surface area (TPSA) is 63.6 Å². The summed E-state index contributed by atoms with van der Waals surface area (Å²) in [7, 11) is 1.43. The Morgan fingerprint density at radius 3 is 2.44 bits per heavy atom. The minimum absolute atomic E-state index is 0.201. The zero-order chi connectivity index (χ0) is 13.3. The van der Waals surface area contributed by atoms with Gasteiger partial charge in [0.1, 0.15) is 11.3 Å². The van der Waals surface area contributed by atoms with Crippen molar-refractivity contribution in [1.29, 1.82) is 0 Å². The summed E-state index contributed by atoms with van der Waals surface area (Å²) < 4.78 is 4.85. The molecule has 4 nitrogen and oxygen atoms in total. The summed E-state index contributed by atoms with van der Waals surface area (Å²) in [4.78, 5) is 23.9. The first-order valence-corrected chi connectivity index (χ1v) is 5.40. The normalized spacial score (nSPS) is 14.8. The van der Waals surface area contributed by atoms with Crippen molar-refractivity contribution in [2.75, 3.05) is 7.11 Å². The van der Waals surface area contributed by atoms with E-state index >= 15 is 0 Å². The van der Waals surface area contributed by atoms with Gasteiger partial charge >= 0.3 is 0 Å². The van der Waals surface area contributed by atoms with Crippen LogP contribution in [0, 0.1) is 0 Å². The number of carbonyl (C=O) groups excluding carboxylic acids is 2. The number of rotatable bonds is 3. The highest BCUT2D eigenvalue weighted by Gasteiger charge is 2.32. The molecule has 0 aromatic heterocycles. The van der Waals surface area contributed by atoms with Crippen molar-refractivity contribution in [3.63, 3.8) is 0 Å². The SMILES string of the molecule is CO/C(C)=C/C(=O)C1=C(O)c2ccccc2C1=O. The molecular weight excluding hydrogens is 232 g/mol. The Kier molecular flexibility index (Phi) is 3.02. The van der Waals surface area contributed by atoms with Crippen molar-refractivity contribution in [3.05, 3.63) is 52.8 Å². The van der Waals surface area contributed by atoms with E-state index in [1.807, 2.05) is 0 Å². The number of ether oxygens (including phenoxy) is 1. The quantitative estimate of drug-likeness (QED) is 0.503. The van der Waals surface area contributed by atoms with Crippen LogP contribution in [0.3, 0.4) is 0 Å². The highest BCUT2D eigenvalue weighted by atomic mass is 16.5. The number of benzene rings is 1. The number of Topliss-reactive ketones (excluding diaryl/α,β-unsaturated/α-hetero) is 1. The molecule has 1 aromatic rings. The largest absolute Gasteiger partial charge is 0.506 e. The second-order valence-corrected chi connectivity index (χ2v) is 3.92. The average Bonchev–Trinajstić information content (AvgIpc) is 2.62. The van der Waals surface area contributed by atoms with E-state index in [0.29, 0.717) is 16.9 Å². The van der Waals surface area contributed by atoms with E-state index in [-0.39, 0.29) is 11.3 Å². The Hall–Kier alpha value is -2.36. The maximum Gasteiger partial charge on any atom is 0.201 e. The first-order chi connectivity index (χ1) is 8.56. The Bertz CT molecular complexity index is 594. The molecule has 1 aromatic carbocycles. The molecule has 0 aliphatic heterocycles. The van der Waals surface area contributed by atoms with Crippen molar-refractivity contribution >= 4 is 17.3 Å². The van der Waals surface area contributed by atoms with Gasteiger partial charge in [-0.15, -0.1) is 0 Å². The fourth-order valence-corrected chi connectivity index (χ4v) is 1.81. The first-order valence-electron chi connectivity index (χ1n) is 5.40. The number of allylic oxidation sites excluding steroid dienone is 3. The number of hydrogen-bond acceptors (Lipinski definition) is 4. The molecule has 0 saturated heterocycles. The first kappa shape index (κ1) is 12.1. The molecule has 1 N–H and O–H groups in total. The van der Waals surface area contributed by atoms with Crippen molar-refractivity contribution in [2.24, 2.45) is 0 Å². The molecule has 1 aliphatic carbocycles. The lowest BCUT2D eigenvalue weighted by Gasteiger charge is -1.99. The van der Waals surface area contributed by atoms with Crippen LogP contribution in [-0.4, -0.2) is 23.8 Å². The molecule has 1 aliphatic rings. The lowest BCUT2D eigenvalue weighted by Crippen LogP contribution is -2.09. The Labute approximate surface area is 104 Å². The van der Waals surface area contributed by atoms with Crippen LogP contribution in [0.2, 0.25) is 0 Å². The number of ketones is 2. The number of aliphatic hydroxyl groups excluding tert-OH is 1. The van der Waals surface area contributed by atoms with E-state index in [9.17, 15) is 14.7 Å². The minimum Gasteiger partial charge on any atom is -0.506 e. The molecule has 0 spiro atoms. The lowest BCUT2D eigenvalue weighted by molar-refractivity contribution is -0.111. The van der Waals surface area contributed by atoms with Crippen LogP contribution in [0.5, 0.6) is 0 Å². The second-order valence-electron chi connectivity index (χ2n) is 3.92. The molecule has 0 radical (unpaired) electrons. The number of carbonyl (C=O) groups is 2. The standard InChI is InChI=1S/C14H12O4/c1-8(18-2)7-11(15)12-13(16)9-5-3-4-6-10(9)14(12)17/h3-7,16H,1-2H3/b8-7+. The predicted molar refractivity (Wildman–Crippen MR) is 66.1 cm³/mol. The van der Waals surface area contributed by atoms with E-state index < -0.39 is 11.6 Å². The van der Waals surface area contributed by atoms with Crippen LogP contribution < -0.4 is 0 Å². The molecule has 0 saturated carbocycles. The van der Waals surface area contributed by atoms with E-state index in [1.54, 1.807) is 31.2 Å². The van der Waals surface area contributed by atoms with Gasteiger partial charge < -0.3 is 9.84 Å². The van der Waals surface area contributed by atoms with Gasteiger partial charge in [-0.05, 0) is 6.92 Å². The van der Waals surface area contributed by atoms with Crippen LogP contribution in [0.15, 0.2) is 41.7 Å². The summed E-state index contributed by atoms with van der Waals surface area (Å²) in [6.07, 6.45) is 1.19. The molecular formula is C14H12O4. The van der Waals surface area contributed by atoms with Crippen LogP contribution in [0.25, 0.3) is 5.76 Å². The van der Waals surface area contributed by atoms with Gasteiger partial charge in [0.15, 0.2) is 5.78 Å². The Morgan fingerprint density at radius 2 is 1.89 bits per heavy atom. The number of aliphatic hydroxyl groups is 1. The predicted octanol–water partition coefficient (Wildman–Crippen LogP) is 2.27. The maximum absolute atomic E-state index is 12.0. The third-order valence-corrected chi connectivity index (χ3v) is 2.79. The van der Waals surface area contributed by atoms with E-state index in [4.69, 9.17) is 4.74 Å². The van der Waals surface area contributed by atoms with E-state index in [2.05, 4.69) is 0 Å². The zero-order valence-electron chi connectivity index (χ0n) is 10.1. The van der Waals surface area contributed by atoms with Gasteiger partial charge in [0.25, 0.3) is 0 Å². The summed E-state index contributed by atoms with van der Waals surface area (Å²) in [5.41, 5.74) is 0.545.